The van der Waals surface area contributed by atoms with E-state index in [9.17, 15) is 14.0 Å². The van der Waals surface area contributed by atoms with Crippen LogP contribution in [0, 0.1) is 12.7 Å². The third kappa shape index (κ3) is 3.95. The van der Waals surface area contributed by atoms with Crippen molar-refractivity contribution < 1.29 is 14.3 Å². The second-order valence-electron chi connectivity index (χ2n) is 4.60. The Bertz CT molecular complexity index is 728. The van der Waals surface area contributed by atoms with Crippen molar-refractivity contribution in [2.45, 2.75) is 26.3 Å². The molecule has 21 heavy (non-hydrogen) atoms. The molecule has 2 rings (SSSR count). The normalized spacial score (nSPS) is 10.6. The second-order valence-corrected chi connectivity index (χ2v) is 4.60. The number of carboxylic acid groups (broad SMARTS) is 1. The number of aryl methyl sites for hydroxylation is 3. The van der Waals surface area contributed by atoms with Crippen molar-refractivity contribution >= 4 is 5.97 Å². The van der Waals surface area contributed by atoms with Crippen LogP contribution >= 0.6 is 0 Å². The number of nitrogens with zero attached hydrogens (tertiary/aromatic N) is 3. The summed E-state index contributed by atoms with van der Waals surface area (Å²) in [5, 5.41) is 12.8. The van der Waals surface area contributed by atoms with Crippen molar-refractivity contribution in [2.24, 2.45) is 0 Å². The Morgan fingerprint density at radius 3 is 2.81 bits per heavy atom. The van der Waals surface area contributed by atoms with Crippen molar-refractivity contribution in [2.75, 3.05) is 0 Å². The lowest BCUT2D eigenvalue weighted by molar-refractivity contribution is -0.138. The summed E-state index contributed by atoms with van der Waals surface area (Å²) in [6.45, 7) is 1.11. The molecule has 2 aromatic rings. The van der Waals surface area contributed by atoms with Crippen LogP contribution in [0.4, 0.5) is 4.39 Å². The predicted octanol–water partition coefficient (Wildman–Crippen LogP) is 0.956. The first-order chi connectivity index (χ1) is 9.95. The molecule has 0 aliphatic rings. The lowest BCUT2D eigenvalue weighted by Crippen LogP contribution is -2.26. The molecule has 0 aliphatic heterocycles. The molecule has 0 saturated heterocycles. The first kappa shape index (κ1) is 14.8. The highest BCUT2D eigenvalue weighted by atomic mass is 19.1. The predicted molar refractivity (Wildman–Crippen MR) is 72.5 cm³/mol. The van der Waals surface area contributed by atoms with E-state index in [1.165, 1.54) is 23.7 Å². The number of halogens is 1. The molecule has 1 aromatic carbocycles. The van der Waals surface area contributed by atoms with Gasteiger partial charge >= 0.3 is 5.97 Å². The van der Waals surface area contributed by atoms with Gasteiger partial charge in [-0.15, -0.1) is 0 Å². The number of aliphatic carboxylic acids is 1. The summed E-state index contributed by atoms with van der Waals surface area (Å²) >= 11 is 0. The van der Waals surface area contributed by atoms with Crippen LogP contribution in [0.25, 0.3) is 0 Å². The Morgan fingerprint density at radius 2 is 2.14 bits per heavy atom. The van der Waals surface area contributed by atoms with E-state index in [2.05, 4.69) is 10.1 Å². The summed E-state index contributed by atoms with van der Waals surface area (Å²) in [7, 11) is 0. The molecule has 7 heteroatoms. The average Bonchev–Trinajstić information content (AvgIpc) is 2.40. The van der Waals surface area contributed by atoms with Crippen molar-refractivity contribution in [3.05, 3.63) is 57.5 Å². The van der Waals surface area contributed by atoms with Gasteiger partial charge in [0.25, 0.3) is 5.56 Å². The summed E-state index contributed by atoms with van der Waals surface area (Å²) in [4.78, 5) is 26.2. The first-order valence-corrected chi connectivity index (χ1v) is 6.36. The molecule has 6 nitrogen and oxygen atoms in total. The van der Waals surface area contributed by atoms with Crippen molar-refractivity contribution in [1.82, 2.24) is 14.8 Å². The summed E-state index contributed by atoms with van der Waals surface area (Å²) in [6, 6.07) is 6.08. The number of aromatic nitrogens is 3. The van der Waals surface area contributed by atoms with E-state index in [1.54, 1.807) is 12.1 Å². The van der Waals surface area contributed by atoms with E-state index in [0.717, 1.165) is 5.56 Å². The van der Waals surface area contributed by atoms with Gasteiger partial charge in [0.15, 0.2) is 0 Å². The highest BCUT2D eigenvalue weighted by Gasteiger charge is 2.11. The summed E-state index contributed by atoms with van der Waals surface area (Å²) in [6.07, 6.45) is 0.744. The average molecular weight is 291 g/mol. The van der Waals surface area contributed by atoms with Crippen LogP contribution in [0.2, 0.25) is 0 Å². The molecule has 0 aliphatic carbocycles. The van der Waals surface area contributed by atoms with Crippen molar-refractivity contribution in [1.29, 1.82) is 0 Å². The number of hydrogen-bond donors (Lipinski definition) is 1. The fourth-order valence-corrected chi connectivity index (χ4v) is 1.93. The zero-order chi connectivity index (χ0) is 15.4. The quantitative estimate of drug-likeness (QED) is 0.886. The van der Waals surface area contributed by atoms with E-state index >= 15 is 0 Å². The molecule has 1 N–H and O–H groups in total. The zero-order valence-corrected chi connectivity index (χ0v) is 11.4. The number of benzene rings is 1. The second kappa shape index (κ2) is 6.25. The van der Waals surface area contributed by atoms with E-state index < -0.39 is 11.5 Å². The van der Waals surface area contributed by atoms with Gasteiger partial charge in [-0.1, -0.05) is 12.1 Å². The van der Waals surface area contributed by atoms with Gasteiger partial charge in [0.1, 0.15) is 23.9 Å². The standard InChI is InChI=1S/C14H14FN3O3/c1-9-14(21)16-12(18(17-9)8-13(19)20)6-5-10-3-2-4-11(15)7-10/h2-4,7H,5-6,8H2,1H3,(H,19,20). The monoisotopic (exact) mass is 291 g/mol. The number of carbonyl (C=O) groups is 1. The maximum Gasteiger partial charge on any atom is 0.325 e. The summed E-state index contributed by atoms with van der Waals surface area (Å²) in [5.41, 5.74) is 0.406. The molecule has 0 unspecified atom stereocenters. The van der Waals surface area contributed by atoms with Crippen molar-refractivity contribution in [3.8, 4) is 0 Å². The van der Waals surface area contributed by atoms with Gasteiger partial charge in [0.2, 0.25) is 0 Å². The maximum atomic E-state index is 13.1. The van der Waals surface area contributed by atoms with Gasteiger partial charge in [-0.3, -0.25) is 9.59 Å². The van der Waals surface area contributed by atoms with Gasteiger partial charge < -0.3 is 5.11 Å². The Balaban J connectivity index is 2.24. The van der Waals surface area contributed by atoms with Crippen LogP contribution in [0.3, 0.4) is 0 Å². The molecule has 0 atom stereocenters. The van der Waals surface area contributed by atoms with E-state index in [-0.39, 0.29) is 23.9 Å². The highest BCUT2D eigenvalue weighted by Crippen LogP contribution is 2.07. The summed E-state index contributed by atoms with van der Waals surface area (Å²) in [5.74, 6) is -1.14. The SMILES string of the molecule is Cc1nn(CC(=O)O)c(CCc2cccc(F)c2)nc1=O. The minimum atomic E-state index is -1.07. The van der Waals surface area contributed by atoms with Crippen LogP contribution in [-0.4, -0.2) is 25.8 Å². The van der Waals surface area contributed by atoms with Gasteiger partial charge in [0.05, 0.1) is 0 Å². The minimum Gasteiger partial charge on any atom is -0.480 e. The molecule has 0 spiro atoms. The highest BCUT2D eigenvalue weighted by molar-refractivity contribution is 5.66. The van der Waals surface area contributed by atoms with E-state index in [0.29, 0.717) is 12.8 Å². The molecule has 1 aromatic heterocycles. The Hall–Kier alpha value is -2.57. The molecule has 110 valence electrons. The lowest BCUT2D eigenvalue weighted by Gasteiger charge is -2.09. The Kier molecular flexibility index (Phi) is 4.42. The maximum absolute atomic E-state index is 13.1. The fourth-order valence-electron chi connectivity index (χ4n) is 1.93. The van der Waals surface area contributed by atoms with Gasteiger partial charge in [-0.05, 0) is 31.0 Å². The van der Waals surface area contributed by atoms with Gasteiger partial charge in [0, 0.05) is 6.42 Å². The Morgan fingerprint density at radius 1 is 1.38 bits per heavy atom. The summed E-state index contributed by atoms with van der Waals surface area (Å²) < 4.78 is 14.3. The van der Waals surface area contributed by atoms with Gasteiger partial charge in [-0.2, -0.15) is 10.1 Å². The van der Waals surface area contributed by atoms with Crippen molar-refractivity contribution in [3.63, 3.8) is 0 Å². The molecule has 0 fully saturated rings. The van der Waals surface area contributed by atoms with Crippen LogP contribution in [0.15, 0.2) is 29.1 Å². The number of rotatable bonds is 5. The molecule has 0 bridgehead atoms. The molecule has 0 saturated carbocycles. The van der Waals surface area contributed by atoms with E-state index in [4.69, 9.17) is 5.11 Å². The number of hydrogen-bond acceptors (Lipinski definition) is 4. The molecule has 0 radical (unpaired) electrons. The third-order valence-electron chi connectivity index (χ3n) is 2.92. The molecule has 1 heterocycles. The van der Waals surface area contributed by atoms with Crippen LogP contribution in [-0.2, 0) is 24.2 Å². The zero-order valence-electron chi connectivity index (χ0n) is 11.4. The topological polar surface area (TPSA) is 85.1 Å². The smallest absolute Gasteiger partial charge is 0.325 e. The van der Waals surface area contributed by atoms with Crippen LogP contribution < -0.4 is 5.56 Å². The first-order valence-electron chi connectivity index (χ1n) is 6.36. The largest absolute Gasteiger partial charge is 0.480 e. The molecular formula is C14H14FN3O3. The van der Waals surface area contributed by atoms with Gasteiger partial charge in [-0.25, -0.2) is 9.07 Å². The molecule has 0 amide bonds. The number of carboxylic acids is 1. The lowest BCUT2D eigenvalue weighted by atomic mass is 10.1. The van der Waals surface area contributed by atoms with E-state index in [1.807, 2.05) is 0 Å². The third-order valence-corrected chi connectivity index (χ3v) is 2.92. The fraction of sp³-hybridized carbons (Fsp3) is 0.286. The minimum absolute atomic E-state index is 0.144. The molecular weight excluding hydrogens is 277 g/mol. The van der Waals surface area contributed by atoms with Crippen LogP contribution in [0.1, 0.15) is 17.1 Å². The Labute approximate surface area is 119 Å². The van der Waals surface area contributed by atoms with Crippen LogP contribution in [0.5, 0.6) is 0 Å².